The predicted octanol–water partition coefficient (Wildman–Crippen LogP) is 7.43. The minimum atomic E-state index is -0.263. The Morgan fingerprint density at radius 1 is 0.875 bits per heavy atom. The van der Waals surface area contributed by atoms with Gasteiger partial charge in [0.25, 0.3) is 0 Å². The highest BCUT2D eigenvalue weighted by Gasteiger charge is 2.21. The van der Waals surface area contributed by atoms with Crippen LogP contribution in [0.3, 0.4) is 0 Å². The van der Waals surface area contributed by atoms with Crippen LogP contribution in [0.1, 0.15) is 11.1 Å². The topological polar surface area (TPSA) is 25.8 Å². The number of fused-ring (bicyclic) bond motifs is 1. The van der Waals surface area contributed by atoms with E-state index < -0.39 is 0 Å². The Bertz CT molecular complexity index is 1040. The maximum absolute atomic E-state index is 15.0. The second kappa shape index (κ2) is 6.25. The van der Waals surface area contributed by atoms with Gasteiger partial charge in [-0.3, -0.25) is 0 Å². The van der Waals surface area contributed by atoms with Crippen molar-refractivity contribution >= 4 is 77.3 Å². The van der Waals surface area contributed by atoms with Crippen LogP contribution < -0.4 is 0 Å². The fourth-order valence-corrected chi connectivity index (χ4v) is 6.21. The average molecular weight is 504 g/mol. The zero-order valence-corrected chi connectivity index (χ0v) is 18.1. The van der Waals surface area contributed by atoms with Crippen LogP contribution in [-0.4, -0.2) is 8.75 Å². The minimum absolute atomic E-state index is 0.263. The molecule has 2 nitrogen and oxygen atoms in total. The maximum atomic E-state index is 15.0. The van der Waals surface area contributed by atoms with Crippen LogP contribution in [0, 0.1) is 19.7 Å². The van der Waals surface area contributed by atoms with Gasteiger partial charge >= 0.3 is 0 Å². The van der Waals surface area contributed by atoms with Crippen molar-refractivity contribution in [3.63, 3.8) is 0 Å². The van der Waals surface area contributed by atoms with Crippen LogP contribution in [-0.2, 0) is 0 Å². The molecule has 24 heavy (non-hydrogen) atoms. The summed E-state index contributed by atoms with van der Waals surface area (Å²) < 4.78 is 25.9. The lowest BCUT2D eigenvalue weighted by Crippen LogP contribution is -1.88. The molecule has 0 atom stereocenters. The van der Waals surface area contributed by atoms with Gasteiger partial charge in [-0.15, -0.1) is 22.7 Å². The Morgan fingerprint density at radius 2 is 1.46 bits per heavy atom. The zero-order valence-electron chi connectivity index (χ0n) is 12.5. The first-order valence-corrected chi connectivity index (χ1v) is 10.9. The fourth-order valence-electron chi connectivity index (χ4n) is 2.51. The van der Waals surface area contributed by atoms with Crippen molar-refractivity contribution in [2.45, 2.75) is 13.8 Å². The lowest BCUT2D eigenvalue weighted by Gasteiger charge is -2.05. The smallest absolute Gasteiger partial charge is 0.134 e. The van der Waals surface area contributed by atoms with E-state index >= 15 is 0 Å². The number of aromatic nitrogens is 2. The summed E-state index contributed by atoms with van der Waals surface area (Å²) in [5.41, 5.74) is 4.94. The number of benzene rings is 1. The number of nitrogens with zero attached hydrogens (tertiary/aromatic N) is 2. The molecule has 122 valence electrons. The summed E-state index contributed by atoms with van der Waals surface area (Å²) in [6.45, 7) is 4.02. The maximum Gasteiger partial charge on any atom is 0.134 e. The molecule has 0 bridgehead atoms. The van der Waals surface area contributed by atoms with E-state index in [1.807, 2.05) is 26.0 Å². The lowest BCUT2D eigenvalue weighted by molar-refractivity contribution is 0.633. The van der Waals surface area contributed by atoms with Crippen LogP contribution >= 0.6 is 66.3 Å². The van der Waals surface area contributed by atoms with E-state index in [4.69, 9.17) is 0 Å². The summed E-state index contributed by atoms with van der Waals surface area (Å²) in [4.78, 5) is 1.86. The molecule has 3 aromatic heterocycles. The van der Waals surface area contributed by atoms with Crippen LogP contribution in [0.4, 0.5) is 4.39 Å². The highest BCUT2D eigenvalue weighted by Crippen LogP contribution is 2.44. The van der Waals surface area contributed by atoms with Crippen LogP contribution in [0.2, 0.25) is 0 Å². The van der Waals surface area contributed by atoms with Gasteiger partial charge in [-0.1, -0.05) is 0 Å². The van der Waals surface area contributed by atoms with Crippen molar-refractivity contribution in [2.75, 3.05) is 0 Å². The summed E-state index contributed by atoms with van der Waals surface area (Å²) in [6.07, 6.45) is 0. The first-order valence-electron chi connectivity index (χ1n) is 6.93. The molecule has 0 amide bonds. The molecular formula is C16H9Br2FN2S3. The number of hydrogen-bond acceptors (Lipinski definition) is 5. The van der Waals surface area contributed by atoms with Crippen molar-refractivity contribution in [3.8, 4) is 20.9 Å². The molecule has 3 heterocycles. The van der Waals surface area contributed by atoms with Crippen molar-refractivity contribution in [1.29, 1.82) is 0 Å². The van der Waals surface area contributed by atoms with Crippen molar-refractivity contribution in [3.05, 3.63) is 42.7 Å². The van der Waals surface area contributed by atoms with Crippen molar-refractivity contribution in [2.24, 2.45) is 0 Å². The summed E-state index contributed by atoms with van der Waals surface area (Å²) in [5.74, 6) is -0.263. The molecule has 8 heteroatoms. The third kappa shape index (κ3) is 2.68. The summed E-state index contributed by atoms with van der Waals surface area (Å²) in [5, 5.41) is 0. The van der Waals surface area contributed by atoms with Crippen molar-refractivity contribution < 1.29 is 4.39 Å². The van der Waals surface area contributed by atoms with E-state index in [9.17, 15) is 4.39 Å². The molecule has 0 aliphatic carbocycles. The van der Waals surface area contributed by atoms with Gasteiger partial charge in [0.15, 0.2) is 0 Å². The highest BCUT2D eigenvalue weighted by molar-refractivity contribution is 9.11. The second-order valence-corrected chi connectivity index (χ2v) is 10.6. The van der Waals surface area contributed by atoms with Gasteiger partial charge in [0, 0.05) is 15.3 Å². The van der Waals surface area contributed by atoms with E-state index in [1.165, 1.54) is 11.3 Å². The third-order valence-corrected chi connectivity index (χ3v) is 8.57. The number of thiophene rings is 2. The SMILES string of the molecule is Cc1cc(-c2cc(F)c(-c3cc(C)c(Br)s3)c3nsnc23)sc1Br. The molecule has 4 rings (SSSR count). The van der Waals surface area contributed by atoms with E-state index in [-0.39, 0.29) is 5.82 Å². The van der Waals surface area contributed by atoms with Gasteiger partial charge in [-0.25, -0.2) is 4.39 Å². The molecule has 4 aromatic rings. The first kappa shape index (κ1) is 16.8. The fraction of sp³-hybridized carbons (Fsp3) is 0.125. The van der Waals surface area contributed by atoms with Gasteiger partial charge in [0.2, 0.25) is 0 Å². The molecule has 0 aliphatic rings. The van der Waals surface area contributed by atoms with E-state index in [0.29, 0.717) is 11.1 Å². The van der Waals surface area contributed by atoms with Gasteiger partial charge in [0.1, 0.15) is 16.9 Å². The largest absolute Gasteiger partial charge is 0.206 e. The van der Waals surface area contributed by atoms with Crippen LogP contribution in [0.25, 0.3) is 31.9 Å². The van der Waals surface area contributed by atoms with Crippen LogP contribution in [0.5, 0.6) is 0 Å². The number of hydrogen-bond donors (Lipinski definition) is 0. The number of aryl methyl sites for hydroxylation is 2. The lowest BCUT2D eigenvalue weighted by atomic mass is 10.0. The Hall–Kier alpha value is -0.670. The molecule has 0 aliphatic heterocycles. The van der Waals surface area contributed by atoms with Crippen LogP contribution in [0.15, 0.2) is 25.8 Å². The molecule has 0 unspecified atom stereocenters. The van der Waals surface area contributed by atoms with Gasteiger partial charge in [-0.05, 0) is 75.0 Å². The molecular weight excluding hydrogens is 495 g/mol. The molecule has 0 saturated heterocycles. The summed E-state index contributed by atoms with van der Waals surface area (Å²) in [6, 6.07) is 5.62. The Labute approximate surface area is 167 Å². The van der Waals surface area contributed by atoms with Gasteiger partial charge in [0.05, 0.1) is 24.9 Å². The minimum Gasteiger partial charge on any atom is -0.206 e. The van der Waals surface area contributed by atoms with E-state index in [0.717, 1.165) is 51.3 Å². The molecule has 1 aromatic carbocycles. The Kier molecular flexibility index (Phi) is 4.37. The first-order chi connectivity index (χ1) is 11.5. The number of halogens is 3. The standard InChI is InChI=1S/C16H9Br2FN2S3/c1-6-3-10(22-15(6)17)8-5-9(19)12(14-13(8)20-24-21-14)11-4-7(2)16(18)23-11/h3-5H,1-2H3. The molecule has 0 fully saturated rings. The summed E-state index contributed by atoms with van der Waals surface area (Å²) >= 11 is 11.3. The molecule has 0 N–H and O–H groups in total. The Morgan fingerprint density at radius 3 is 2.04 bits per heavy atom. The van der Waals surface area contributed by atoms with Gasteiger partial charge in [-0.2, -0.15) is 8.75 Å². The molecule has 0 saturated carbocycles. The highest BCUT2D eigenvalue weighted by atomic mass is 79.9. The Balaban J connectivity index is 2.00. The zero-order chi connectivity index (χ0) is 17.0. The molecule has 0 radical (unpaired) electrons. The summed E-state index contributed by atoms with van der Waals surface area (Å²) in [7, 11) is 0. The van der Waals surface area contributed by atoms with Crippen molar-refractivity contribution in [1.82, 2.24) is 8.75 Å². The number of rotatable bonds is 2. The average Bonchev–Trinajstić information content (AvgIpc) is 3.20. The predicted molar refractivity (Wildman–Crippen MR) is 109 cm³/mol. The second-order valence-electron chi connectivity index (χ2n) is 5.38. The third-order valence-electron chi connectivity index (χ3n) is 3.72. The quantitative estimate of drug-likeness (QED) is 0.284. The molecule has 0 spiro atoms. The monoisotopic (exact) mass is 502 g/mol. The van der Waals surface area contributed by atoms with Gasteiger partial charge < -0.3 is 0 Å². The van der Waals surface area contributed by atoms with E-state index in [2.05, 4.69) is 40.6 Å². The normalized spacial score (nSPS) is 11.5. The van der Waals surface area contributed by atoms with E-state index in [1.54, 1.807) is 17.4 Å².